The zero-order valence-corrected chi connectivity index (χ0v) is 59.2. The summed E-state index contributed by atoms with van der Waals surface area (Å²) in [5.74, 6) is -6.56. The highest BCUT2D eigenvalue weighted by Crippen LogP contribution is 2.46. The minimum absolute atomic E-state index is 0.00183. The van der Waals surface area contributed by atoms with E-state index in [0.717, 1.165) is 27.7 Å². The Bertz CT molecular complexity index is 4530. The van der Waals surface area contributed by atoms with Crippen LogP contribution in [0.25, 0.3) is 11.0 Å². The maximum atomic E-state index is 18.1. The van der Waals surface area contributed by atoms with Crippen molar-refractivity contribution in [3.8, 4) is 17.2 Å². The van der Waals surface area contributed by atoms with E-state index in [2.05, 4.69) is 9.88 Å². The molecule has 3 aliphatic rings. The second-order valence-electron chi connectivity index (χ2n) is 23.9. The van der Waals surface area contributed by atoms with Gasteiger partial charge >= 0.3 is 11.9 Å². The summed E-state index contributed by atoms with van der Waals surface area (Å²) in [4.78, 5) is 74.9. The van der Waals surface area contributed by atoms with Crippen LogP contribution in [-0.2, 0) is 88.9 Å². The van der Waals surface area contributed by atoms with Crippen molar-refractivity contribution in [2.24, 2.45) is 16.6 Å². The number of rotatable bonds is 32. The molecule has 3 unspecified atom stereocenters. The number of halogens is 2. The lowest BCUT2D eigenvalue weighted by Crippen LogP contribution is -2.70. The third kappa shape index (κ3) is 16.2. The van der Waals surface area contributed by atoms with Crippen LogP contribution in [0, 0.1) is 11.6 Å². The molecule has 0 radical (unpaired) electrons. The van der Waals surface area contributed by atoms with Crippen LogP contribution in [0.3, 0.4) is 0 Å². The standard InChI is InChI=1S/C79H76F2N7O14S2/c1-53(89)87(69-74(90)88-68(76(91)98-47-54-37-39-61(95-5)40-38-54)57(48-103-75(69)88)28-23-41-86-50-85(2)64-35-21-22-36-65(64)86)66-49-104(78(82-66)83-79(58-29-15-8-16-30-58,59-31-17-9-18-32-59)60-33-19-10-20-34-60)84-102-71(77(92)101-70(55-24-11-6-12-25-55)56-26-13-7-14-27-56)62-46-63(80)72(99-51-96-44-42-93-3)73(67(62)81)100-52-97-45-43-94-4/h6-40,46,49-50,69-71,75H,41-45,47-48,51-52H2,1-5H3,(H,82,83)/q+1/t69-,71?,75?,104?/m1/s1. The van der Waals surface area contributed by atoms with Crippen LogP contribution >= 0.6 is 11.8 Å². The molecule has 3 aliphatic heterocycles. The molecule has 0 aliphatic carbocycles. The van der Waals surface area contributed by atoms with Gasteiger partial charge in [-0.1, -0.05) is 187 Å². The van der Waals surface area contributed by atoms with Crippen molar-refractivity contribution >= 4 is 62.4 Å². The first-order chi connectivity index (χ1) is 50.8. The number of benzene rings is 8. The van der Waals surface area contributed by atoms with Gasteiger partial charge in [-0.25, -0.2) is 37.3 Å². The number of aryl methyl sites for hydroxylation is 1. The van der Waals surface area contributed by atoms with E-state index in [-0.39, 0.29) is 55.5 Å². The molecule has 4 heterocycles. The minimum Gasteiger partial charge on any atom is -0.497 e. The molecule has 2 amide bonds. The van der Waals surface area contributed by atoms with Gasteiger partial charge in [-0.15, -0.1) is 11.8 Å². The van der Waals surface area contributed by atoms with E-state index in [4.69, 9.17) is 57.0 Å². The number of allylic oxidation sites excluding steroid dienone is 2. The van der Waals surface area contributed by atoms with E-state index < -0.39 is 106 Å². The number of methoxy groups -OCH3 is 3. The number of nitrogens with zero attached hydrogens (tertiary/aromatic N) is 6. The number of thioether (sulfide) groups is 1. The number of amides is 2. The highest BCUT2D eigenvalue weighted by molar-refractivity contribution is 8.05. The van der Waals surface area contributed by atoms with E-state index in [0.29, 0.717) is 40.6 Å². The van der Waals surface area contributed by atoms with Crippen LogP contribution in [0.15, 0.2) is 257 Å². The molecule has 0 spiro atoms. The Morgan fingerprint density at radius 2 is 1.32 bits per heavy atom. The van der Waals surface area contributed by atoms with Crippen LogP contribution in [0.1, 0.15) is 58.1 Å². The predicted octanol–water partition coefficient (Wildman–Crippen LogP) is 12.0. The number of carbonyl (C=O) groups is 4. The van der Waals surface area contributed by atoms with E-state index in [9.17, 15) is 9.59 Å². The fourth-order valence-corrected chi connectivity index (χ4v) is 14.9. The summed E-state index contributed by atoms with van der Waals surface area (Å²) in [6.07, 6.45) is 2.31. The van der Waals surface area contributed by atoms with Gasteiger partial charge in [-0.2, -0.15) is 0 Å². The Hall–Kier alpha value is -10.6. The number of aliphatic imine (C=N–C) groups is 1. The van der Waals surface area contributed by atoms with Gasteiger partial charge in [-0.3, -0.25) is 19.4 Å². The number of β-lactam (4-membered cyclic amide) rings is 1. The van der Waals surface area contributed by atoms with Crippen molar-refractivity contribution < 1.29 is 80.0 Å². The summed E-state index contributed by atoms with van der Waals surface area (Å²) < 4.78 is 94.6. The maximum Gasteiger partial charge on any atom is 0.355 e. The SMILES string of the molecule is COCCOCOc1c(F)cc(C(ON=S2C=C(N(C(C)=O)[C@@H]3C(=O)N4C(C(=O)OCc5ccc(OC)cc5)=C(C=CC[n+]5cn(C)c6ccccc65)CSC34)N=C2NC(c2ccccc2)(c2ccccc2)c2ccccc2)C(=O)OC(c2ccccc2)c2ccccc2)c(F)c1OCOCCOC. The summed E-state index contributed by atoms with van der Waals surface area (Å²) in [5, 5.41) is 4.40. The number of para-hydroxylation sites is 2. The van der Waals surface area contributed by atoms with Gasteiger partial charge in [0.1, 0.15) is 47.4 Å². The number of carbonyl (C=O) groups excluding carboxylic acids is 4. The zero-order chi connectivity index (χ0) is 72.5. The summed E-state index contributed by atoms with van der Waals surface area (Å²) in [6, 6.07) is 60.6. The van der Waals surface area contributed by atoms with E-state index in [1.165, 1.54) is 48.1 Å². The Balaban J connectivity index is 0.980. The third-order valence-corrected chi connectivity index (χ3v) is 19.9. The first-order valence-electron chi connectivity index (χ1n) is 33.3. The highest BCUT2D eigenvalue weighted by atomic mass is 32.2. The molecule has 1 fully saturated rings. The largest absolute Gasteiger partial charge is 0.497 e. The summed E-state index contributed by atoms with van der Waals surface area (Å²) >= 11 is 1.34. The van der Waals surface area contributed by atoms with Crippen LogP contribution in [0.2, 0.25) is 0 Å². The van der Waals surface area contributed by atoms with Crippen LogP contribution < -0.4 is 24.1 Å². The number of imidazole rings is 1. The predicted molar refractivity (Wildman–Crippen MR) is 387 cm³/mol. The molecule has 4 atom stereocenters. The molecule has 1 aromatic heterocycles. The molecule has 8 aromatic carbocycles. The number of fused-ring (bicyclic) bond motifs is 2. The lowest BCUT2D eigenvalue weighted by atomic mass is 9.77. The van der Waals surface area contributed by atoms with Crippen molar-refractivity contribution in [2.75, 3.05) is 67.1 Å². The summed E-state index contributed by atoms with van der Waals surface area (Å²) in [6.45, 7) is 0.717. The minimum atomic E-state index is -2.26. The first-order valence-corrected chi connectivity index (χ1v) is 35.5. The fourth-order valence-electron chi connectivity index (χ4n) is 12.3. The highest BCUT2D eigenvalue weighted by Gasteiger charge is 2.58. The number of ether oxygens (including phenoxy) is 9. The smallest absolute Gasteiger partial charge is 0.355 e. The van der Waals surface area contributed by atoms with Gasteiger partial charge in [-0.05, 0) is 75.4 Å². The van der Waals surface area contributed by atoms with Gasteiger partial charge in [0, 0.05) is 48.6 Å². The summed E-state index contributed by atoms with van der Waals surface area (Å²) in [5.41, 5.74) is 4.33. The van der Waals surface area contributed by atoms with Gasteiger partial charge in [0.2, 0.25) is 29.8 Å². The second-order valence-corrected chi connectivity index (χ2v) is 26.4. The monoisotopic (exact) mass is 1450 g/mol. The van der Waals surface area contributed by atoms with Crippen molar-refractivity contribution in [1.29, 1.82) is 0 Å². The number of nitrogens with one attached hydrogen (secondary N) is 1. The molecule has 104 heavy (non-hydrogen) atoms. The van der Waals surface area contributed by atoms with Crippen LogP contribution in [0.4, 0.5) is 8.78 Å². The molecule has 9 aromatic rings. The fraction of sp³-hybridized carbons (Fsp3) is 0.241. The van der Waals surface area contributed by atoms with Gasteiger partial charge in [0.15, 0.2) is 47.5 Å². The number of hydrogen-bond acceptors (Lipinski definition) is 18. The van der Waals surface area contributed by atoms with Crippen molar-refractivity contribution in [3.05, 3.63) is 298 Å². The Morgan fingerprint density at radius 1 is 0.750 bits per heavy atom. The quantitative estimate of drug-likeness (QED) is 0.00790. The van der Waals surface area contributed by atoms with Crippen molar-refractivity contribution in [3.63, 3.8) is 0 Å². The lowest BCUT2D eigenvalue weighted by molar-refractivity contribution is -0.661. The molecule has 536 valence electrons. The maximum absolute atomic E-state index is 18.1. The average molecular weight is 1450 g/mol. The van der Waals surface area contributed by atoms with Gasteiger partial charge in [0.05, 0.1) is 40.6 Å². The van der Waals surface area contributed by atoms with Crippen LogP contribution in [-0.4, -0.2) is 122 Å². The van der Waals surface area contributed by atoms with Crippen molar-refractivity contribution in [2.45, 2.75) is 49.2 Å². The lowest BCUT2D eigenvalue weighted by Gasteiger charge is -2.52. The Kier molecular flexibility index (Phi) is 24.3. The molecule has 12 rings (SSSR count). The number of aromatic nitrogens is 2. The van der Waals surface area contributed by atoms with Gasteiger partial charge < -0.3 is 47.9 Å². The summed E-state index contributed by atoms with van der Waals surface area (Å²) in [7, 11) is 4.54. The number of amidine groups is 1. The normalized spacial score (nSPS) is 16.1. The zero-order valence-electron chi connectivity index (χ0n) is 57.6. The molecular weight excluding hydrogens is 1370 g/mol. The van der Waals surface area contributed by atoms with Gasteiger partial charge in [0.25, 0.3) is 5.91 Å². The van der Waals surface area contributed by atoms with E-state index in [1.54, 1.807) is 92.0 Å². The Morgan fingerprint density at radius 3 is 1.89 bits per heavy atom. The molecule has 25 heteroatoms. The number of esters is 2. The second kappa shape index (κ2) is 34.6. The number of hydrogen-bond donors (Lipinski definition) is 1. The molecule has 1 saturated heterocycles. The van der Waals surface area contributed by atoms with E-state index >= 15 is 18.4 Å². The third-order valence-electron chi connectivity index (χ3n) is 17.4. The topological polar surface area (TPSA) is 213 Å². The molecule has 1 N–H and O–H groups in total. The molecule has 0 bridgehead atoms. The van der Waals surface area contributed by atoms with Crippen LogP contribution in [0.5, 0.6) is 17.2 Å². The van der Waals surface area contributed by atoms with Crippen molar-refractivity contribution in [1.82, 2.24) is 19.7 Å². The van der Waals surface area contributed by atoms with E-state index in [1.807, 2.05) is 145 Å². The molecule has 21 nitrogen and oxygen atoms in total. The first kappa shape index (κ1) is 73.1. The molecular formula is C79H76F2N7O14S2+. The Labute approximate surface area is 606 Å². The average Bonchev–Trinajstić information content (AvgIpc) is 1.03. The molecule has 0 saturated carbocycles.